The molecule has 0 bridgehead atoms. The molecule has 0 aromatic heterocycles. The molecule has 0 aliphatic carbocycles. The number of amides is 1. The molecule has 8 heteroatoms. The van der Waals surface area contributed by atoms with Crippen molar-refractivity contribution in [2.75, 3.05) is 59.5 Å². The Morgan fingerprint density at radius 1 is 1.17 bits per heavy atom. The van der Waals surface area contributed by atoms with Crippen molar-refractivity contribution in [3.63, 3.8) is 0 Å². The fourth-order valence-corrected chi connectivity index (χ4v) is 5.46. The lowest BCUT2D eigenvalue weighted by Gasteiger charge is -2.51. The van der Waals surface area contributed by atoms with Crippen LogP contribution in [-0.4, -0.2) is 80.1 Å². The molecular formula is C22H30F3N3O2. The number of alkyl halides is 3. The first-order valence-corrected chi connectivity index (χ1v) is 10.7. The second-order valence-electron chi connectivity index (χ2n) is 9.09. The first kappa shape index (κ1) is 21.6. The van der Waals surface area contributed by atoms with Crippen LogP contribution in [0.1, 0.15) is 24.0 Å². The Labute approximate surface area is 175 Å². The highest BCUT2D eigenvalue weighted by Crippen LogP contribution is 2.46. The van der Waals surface area contributed by atoms with Gasteiger partial charge in [-0.1, -0.05) is 18.2 Å². The lowest BCUT2D eigenvalue weighted by atomic mass is 9.69. The van der Waals surface area contributed by atoms with Gasteiger partial charge in [-0.2, -0.15) is 13.2 Å². The molecule has 1 aromatic carbocycles. The monoisotopic (exact) mass is 425 g/mol. The number of ether oxygens (including phenoxy) is 1. The molecular weight excluding hydrogens is 395 g/mol. The minimum Gasteiger partial charge on any atom is -0.378 e. The largest absolute Gasteiger partial charge is 0.416 e. The number of morpholine rings is 1. The summed E-state index contributed by atoms with van der Waals surface area (Å²) in [4.78, 5) is 18.8. The maximum absolute atomic E-state index is 13.3. The molecule has 3 aliphatic heterocycles. The van der Waals surface area contributed by atoms with Crippen molar-refractivity contribution in [2.45, 2.75) is 25.6 Å². The lowest BCUT2D eigenvalue weighted by Crippen LogP contribution is -2.59. The number of hydrogen-bond acceptors (Lipinski definition) is 4. The molecule has 5 nitrogen and oxygen atoms in total. The van der Waals surface area contributed by atoms with E-state index in [0.29, 0.717) is 50.8 Å². The van der Waals surface area contributed by atoms with E-state index in [1.807, 2.05) is 4.90 Å². The summed E-state index contributed by atoms with van der Waals surface area (Å²) in [6.45, 7) is 6.35. The van der Waals surface area contributed by atoms with Crippen molar-refractivity contribution in [3.8, 4) is 0 Å². The number of halogens is 3. The van der Waals surface area contributed by atoms with Gasteiger partial charge >= 0.3 is 6.18 Å². The Morgan fingerprint density at radius 2 is 1.87 bits per heavy atom. The third-order valence-electron chi connectivity index (χ3n) is 6.85. The summed E-state index contributed by atoms with van der Waals surface area (Å²) in [5, 5.41) is 0. The highest BCUT2D eigenvalue weighted by molar-refractivity contribution is 5.76. The number of carbonyl (C=O) groups excluding carboxylic acids is 1. The molecule has 3 fully saturated rings. The van der Waals surface area contributed by atoms with E-state index >= 15 is 0 Å². The van der Waals surface area contributed by atoms with Gasteiger partial charge in [-0.25, -0.2) is 0 Å². The van der Waals surface area contributed by atoms with E-state index < -0.39 is 11.7 Å². The highest BCUT2D eigenvalue weighted by atomic mass is 19.4. The molecule has 1 aromatic rings. The quantitative estimate of drug-likeness (QED) is 0.727. The minimum absolute atomic E-state index is 0.0905. The molecule has 1 atom stereocenters. The van der Waals surface area contributed by atoms with Gasteiger partial charge in [0.25, 0.3) is 0 Å². The van der Waals surface area contributed by atoms with Crippen LogP contribution in [0.2, 0.25) is 0 Å². The maximum atomic E-state index is 13.3. The first-order chi connectivity index (χ1) is 14.3. The number of nitrogens with zero attached hydrogens (tertiary/aromatic N) is 3. The zero-order valence-electron chi connectivity index (χ0n) is 17.5. The van der Waals surface area contributed by atoms with Crippen LogP contribution >= 0.6 is 0 Å². The standard InChI is InChI=1S/C22H30F3N3O2/c1-26-13-18(6-7-20(29)28-8-10-30-11-9-28)21(14-26)15-27(16-21)12-17-4-2-3-5-19(17)22(23,24)25/h2-5,18H,6-16H2,1H3. The highest BCUT2D eigenvalue weighted by Gasteiger charge is 2.53. The zero-order chi connectivity index (χ0) is 21.4. The van der Waals surface area contributed by atoms with E-state index in [-0.39, 0.29) is 11.3 Å². The van der Waals surface area contributed by atoms with Crippen LogP contribution in [-0.2, 0) is 22.3 Å². The summed E-state index contributed by atoms with van der Waals surface area (Å²) in [7, 11) is 2.09. The number of hydrogen-bond donors (Lipinski definition) is 0. The third kappa shape index (κ3) is 4.50. The predicted molar refractivity (Wildman–Crippen MR) is 107 cm³/mol. The summed E-state index contributed by atoms with van der Waals surface area (Å²) in [5.41, 5.74) is -0.111. The third-order valence-corrected chi connectivity index (χ3v) is 6.85. The number of benzene rings is 1. The number of likely N-dealkylation sites (tertiary alicyclic amines) is 2. The topological polar surface area (TPSA) is 36.0 Å². The van der Waals surface area contributed by atoms with Gasteiger partial charge in [-0.15, -0.1) is 0 Å². The molecule has 1 spiro atoms. The number of rotatable bonds is 5. The molecule has 0 saturated carbocycles. The Morgan fingerprint density at radius 3 is 2.57 bits per heavy atom. The van der Waals surface area contributed by atoms with Crippen molar-refractivity contribution in [2.24, 2.45) is 11.3 Å². The van der Waals surface area contributed by atoms with Crippen LogP contribution in [0.25, 0.3) is 0 Å². The molecule has 166 valence electrons. The Kier molecular flexibility index (Phi) is 6.10. The van der Waals surface area contributed by atoms with Crippen LogP contribution in [0, 0.1) is 11.3 Å². The minimum atomic E-state index is -4.32. The fraction of sp³-hybridized carbons (Fsp3) is 0.682. The molecule has 1 amide bonds. The Bertz CT molecular complexity index is 758. The molecule has 3 aliphatic rings. The average molecular weight is 425 g/mol. The van der Waals surface area contributed by atoms with Gasteiger partial charge in [0.2, 0.25) is 5.91 Å². The van der Waals surface area contributed by atoms with E-state index in [4.69, 9.17) is 4.74 Å². The predicted octanol–water partition coefficient (Wildman–Crippen LogP) is 2.71. The van der Waals surface area contributed by atoms with Crippen LogP contribution in [0.15, 0.2) is 24.3 Å². The van der Waals surface area contributed by atoms with E-state index in [1.165, 1.54) is 6.07 Å². The van der Waals surface area contributed by atoms with Gasteiger partial charge in [0, 0.05) is 57.6 Å². The van der Waals surface area contributed by atoms with Gasteiger partial charge in [0.15, 0.2) is 0 Å². The second kappa shape index (κ2) is 8.48. The van der Waals surface area contributed by atoms with Crippen LogP contribution in [0.4, 0.5) is 13.2 Å². The van der Waals surface area contributed by atoms with Gasteiger partial charge in [0.1, 0.15) is 0 Å². The SMILES string of the molecule is CN1CC(CCC(=O)N2CCOCC2)C2(C1)CN(Cc1ccccc1C(F)(F)F)C2. The summed E-state index contributed by atoms with van der Waals surface area (Å²) >= 11 is 0. The van der Waals surface area contributed by atoms with E-state index in [9.17, 15) is 18.0 Å². The molecule has 3 saturated heterocycles. The van der Waals surface area contributed by atoms with Crippen molar-refractivity contribution in [3.05, 3.63) is 35.4 Å². The second-order valence-corrected chi connectivity index (χ2v) is 9.09. The fourth-order valence-electron chi connectivity index (χ4n) is 5.46. The Hall–Kier alpha value is -1.64. The molecule has 0 N–H and O–H groups in total. The van der Waals surface area contributed by atoms with E-state index in [1.54, 1.807) is 12.1 Å². The molecule has 4 rings (SSSR count). The summed E-state index contributed by atoms with van der Waals surface area (Å²) in [6, 6.07) is 5.85. The van der Waals surface area contributed by atoms with Crippen LogP contribution < -0.4 is 0 Å². The van der Waals surface area contributed by atoms with Crippen LogP contribution in [0.5, 0.6) is 0 Å². The zero-order valence-corrected chi connectivity index (χ0v) is 17.5. The van der Waals surface area contributed by atoms with Crippen molar-refractivity contribution in [1.29, 1.82) is 0 Å². The van der Waals surface area contributed by atoms with Gasteiger partial charge in [0.05, 0.1) is 18.8 Å². The average Bonchev–Trinajstić information content (AvgIpc) is 3.02. The normalized spacial score (nSPS) is 24.9. The maximum Gasteiger partial charge on any atom is 0.416 e. The Balaban J connectivity index is 1.34. The van der Waals surface area contributed by atoms with Crippen molar-refractivity contribution >= 4 is 5.91 Å². The van der Waals surface area contributed by atoms with Gasteiger partial charge < -0.3 is 14.5 Å². The van der Waals surface area contributed by atoms with E-state index in [0.717, 1.165) is 38.7 Å². The van der Waals surface area contributed by atoms with E-state index in [2.05, 4.69) is 16.8 Å². The van der Waals surface area contributed by atoms with Crippen molar-refractivity contribution in [1.82, 2.24) is 14.7 Å². The molecule has 1 unspecified atom stereocenters. The molecule has 0 radical (unpaired) electrons. The molecule has 30 heavy (non-hydrogen) atoms. The first-order valence-electron chi connectivity index (χ1n) is 10.7. The molecule has 3 heterocycles. The smallest absolute Gasteiger partial charge is 0.378 e. The summed E-state index contributed by atoms with van der Waals surface area (Å²) in [6.07, 6.45) is -2.94. The van der Waals surface area contributed by atoms with Gasteiger partial charge in [-0.05, 0) is 31.0 Å². The summed E-state index contributed by atoms with van der Waals surface area (Å²) in [5.74, 6) is 0.597. The van der Waals surface area contributed by atoms with Crippen molar-refractivity contribution < 1.29 is 22.7 Å². The van der Waals surface area contributed by atoms with Gasteiger partial charge in [-0.3, -0.25) is 9.69 Å². The number of carbonyl (C=O) groups is 1. The van der Waals surface area contributed by atoms with Crippen LogP contribution in [0.3, 0.4) is 0 Å². The summed E-state index contributed by atoms with van der Waals surface area (Å²) < 4.78 is 45.2. The lowest BCUT2D eigenvalue weighted by molar-refractivity contribution is -0.138.